The molecule has 0 radical (unpaired) electrons. The van der Waals surface area contributed by atoms with Gasteiger partial charge in [0.1, 0.15) is 0 Å². The van der Waals surface area contributed by atoms with Crippen LogP contribution >= 0.6 is 0 Å². The maximum atomic E-state index is 13.0. The van der Waals surface area contributed by atoms with E-state index >= 15 is 0 Å². The molecule has 138 valence electrons. The molecule has 1 spiro atoms. The smallest absolute Gasteiger partial charge is 0.321 e. The largest absolute Gasteiger partial charge is 0.454 e. The van der Waals surface area contributed by atoms with Gasteiger partial charge >= 0.3 is 6.03 Å². The number of carbonyl (C=O) groups excluding carboxylic acids is 2. The van der Waals surface area contributed by atoms with Crippen molar-refractivity contribution in [2.45, 2.75) is 11.8 Å². The summed E-state index contributed by atoms with van der Waals surface area (Å²) in [5.41, 5.74) is 1.94. The summed E-state index contributed by atoms with van der Waals surface area (Å²) in [6.07, 6.45) is 0.627. The monoisotopic (exact) mass is 365 g/mol. The number of urea groups is 1. The molecule has 3 amide bonds. The van der Waals surface area contributed by atoms with Crippen molar-refractivity contribution in [3.05, 3.63) is 48.0 Å². The van der Waals surface area contributed by atoms with Gasteiger partial charge in [-0.1, -0.05) is 18.2 Å². The van der Waals surface area contributed by atoms with Gasteiger partial charge in [0.05, 0.1) is 5.41 Å². The number of likely N-dealkylation sites (N-methyl/N-ethyl adjacent to an activating group) is 1. The lowest BCUT2D eigenvalue weighted by Crippen LogP contribution is -2.42. The van der Waals surface area contributed by atoms with E-state index in [-0.39, 0.29) is 18.7 Å². The first-order valence-corrected chi connectivity index (χ1v) is 8.92. The summed E-state index contributed by atoms with van der Waals surface area (Å²) in [7, 11) is 1.80. The number of para-hydroxylation sites is 1. The van der Waals surface area contributed by atoms with Crippen molar-refractivity contribution in [3.63, 3.8) is 0 Å². The zero-order valence-corrected chi connectivity index (χ0v) is 14.9. The summed E-state index contributed by atoms with van der Waals surface area (Å²) in [5, 5.41) is 2.90. The van der Waals surface area contributed by atoms with Crippen LogP contribution in [0.4, 0.5) is 16.2 Å². The first-order chi connectivity index (χ1) is 13.1. The Labute approximate surface area is 156 Å². The van der Waals surface area contributed by atoms with Gasteiger partial charge in [0.25, 0.3) is 0 Å². The quantitative estimate of drug-likeness (QED) is 0.843. The van der Waals surface area contributed by atoms with Crippen molar-refractivity contribution in [1.82, 2.24) is 4.90 Å². The number of hydrogen-bond donors (Lipinski definition) is 1. The molecule has 5 rings (SSSR count). The van der Waals surface area contributed by atoms with E-state index in [4.69, 9.17) is 9.47 Å². The standard InChI is InChI=1S/C20H19N3O4/c1-22-15-5-3-2-4-14(15)20(18(22)24)8-9-23(11-20)19(25)21-13-6-7-16-17(10-13)27-12-26-16/h2-7,10H,8-9,11-12H2,1H3,(H,21,25). The van der Waals surface area contributed by atoms with Gasteiger partial charge in [0, 0.05) is 37.6 Å². The van der Waals surface area contributed by atoms with Crippen LogP contribution in [0.1, 0.15) is 12.0 Å². The molecule has 1 unspecified atom stereocenters. The first-order valence-electron chi connectivity index (χ1n) is 8.92. The van der Waals surface area contributed by atoms with Gasteiger partial charge in [0.2, 0.25) is 12.7 Å². The van der Waals surface area contributed by atoms with Crippen molar-refractivity contribution in [3.8, 4) is 11.5 Å². The Morgan fingerprint density at radius 1 is 1.15 bits per heavy atom. The van der Waals surface area contributed by atoms with E-state index in [1.165, 1.54) is 0 Å². The molecular weight excluding hydrogens is 346 g/mol. The van der Waals surface area contributed by atoms with Crippen LogP contribution in [0.3, 0.4) is 0 Å². The molecule has 0 bridgehead atoms. The molecule has 0 saturated carbocycles. The van der Waals surface area contributed by atoms with Gasteiger partial charge in [-0.05, 0) is 30.2 Å². The predicted molar refractivity (Wildman–Crippen MR) is 99.3 cm³/mol. The number of anilines is 2. The average Bonchev–Trinajstić information content (AvgIpc) is 3.38. The Kier molecular flexibility index (Phi) is 3.34. The third kappa shape index (κ3) is 2.27. The maximum absolute atomic E-state index is 13.0. The Balaban J connectivity index is 1.36. The molecule has 27 heavy (non-hydrogen) atoms. The number of amides is 3. The summed E-state index contributed by atoms with van der Waals surface area (Å²) in [6, 6.07) is 12.9. The van der Waals surface area contributed by atoms with E-state index < -0.39 is 5.41 Å². The number of hydrogen-bond acceptors (Lipinski definition) is 4. The molecule has 0 aromatic heterocycles. The highest BCUT2D eigenvalue weighted by Gasteiger charge is 2.54. The minimum absolute atomic E-state index is 0.0575. The zero-order chi connectivity index (χ0) is 18.6. The third-order valence-electron chi connectivity index (χ3n) is 5.68. The van der Waals surface area contributed by atoms with Gasteiger partial charge in [0.15, 0.2) is 11.5 Å². The number of ether oxygens (including phenoxy) is 2. The minimum Gasteiger partial charge on any atom is -0.454 e. The number of benzene rings is 2. The fourth-order valence-corrected chi connectivity index (χ4v) is 4.27. The van der Waals surface area contributed by atoms with Crippen molar-refractivity contribution < 1.29 is 19.1 Å². The van der Waals surface area contributed by atoms with Crippen LogP contribution in [0.25, 0.3) is 0 Å². The molecule has 0 aliphatic carbocycles. The Bertz CT molecular complexity index is 960. The van der Waals surface area contributed by atoms with Gasteiger partial charge in [-0.3, -0.25) is 4.79 Å². The SMILES string of the molecule is CN1C(=O)C2(CCN(C(=O)Nc3ccc4c(c3)OCO4)C2)c2ccccc21. The third-order valence-corrected chi connectivity index (χ3v) is 5.68. The number of carbonyl (C=O) groups is 2. The molecule has 1 atom stereocenters. The Morgan fingerprint density at radius 3 is 2.85 bits per heavy atom. The number of rotatable bonds is 1. The molecule has 7 heteroatoms. The molecule has 7 nitrogen and oxygen atoms in total. The normalized spacial score (nSPS) is 22.5. The number of fused-ring (bicyclic) bond motifs is 3. The van der Waals surface area contributed by atoms with Gasteiger partial charge in [-0.25, -0.2) is 4.79 Å². The van der Waals surface area contributed by atoms with Crippen molar-refractivity contribution in [2.24, 2.45) is 0 Å². The molecule has 1 N–H and O–H groups in total. The first kappa shape index (κ1) is 16.0. The summed E-state index contributed by atoms with van der Waals surface area (Å²) in [4.78, 5) is 29.2. The zero-order valence-electron chi connectivity index (χ0n) is 14.9. The van der Waals surface area contributed by atoms with Crippen LogP contribution in [0.2, 0.25) is 0 Å². The fraction of sp³-hybridized carbons (Fsp3) is 0.300. The number of nitrogens with zero attached hydrogens (tertiary/aromatic N) is 2. The number of likely N-dealkylation sites (tertiary alicyclic amines) is 1. The lowest BCUT2D eigenvalue weighted by Gasteiger charge is -2.23. The van der Waals surface area contributed by atoms with E-state index in [9.17, 15) is 9.59 Å². The molecule has 2 aromatic carbocycles. The van der Waals surface area contributed by atoms with Crippen LogP contribution in [0.15, 0.2) is 42.5 Å². The topological polar surface area (TPSA) is 71.1 Å². The molecular formula is C20H19N3O4. The predicted octanol–water partition coefficient (Wildman–Crippen LogP) is 2.57. The molecule has 3 heterocycles. The highest BCUT2D eigenvalue weighted by Crippen LogP contribution is 2.46. The summed E-state index contributed by atoms with van der Waals surface area (Å²) >= 11 is 0. The molecule has 3 aliphatic heterocycles. The maximum Gasteiger partial charge on any atom is 0.321 e. The van der Waals surface area contributed by atoms with Crippen LogP contribution in [0, 0.1) is 0 Å². The highest BCUT2D eigenvalue weighted by atomic mass is 16.7. The summed E-state index contributed by atoms with van der Waals surface area (Å²) in [6.45, 7) is 1.10. The second-order valence-corrected chi connectivity index (χ2v) is 7.13. The van der Waals surface area contributed by atoms with E-state index in [2.05, 4.69) is 5.32 Å². The lowest BCUT2D eigenvalue weighted by atomic mass is 9.81. The average molecular weight is 365 g/mol. The Morgan fingerprint density at radius 2 is 1.96 bits per heavy atom. The lowest BCUT2D eigenvalue weighted by molar-refractivity contribution is -0.122. The second-order valence-electron chi connectivity index (χ2n) is 7.13. The van der Waals surface area contributed by atoms with E-state index in [1.807, 2.05) is 24.3 Å². The molecule has 3 aliphatic rings. The second kappa shape index (κ2) is 5.64. The molecule has 1 fully saturated rings. The van der Waals surface area contributed by atoms with Crippen LogP contribution in [-0.2, 0) is 10.2 Å². The molecule has 1 saturated heterocycles. The fourth-order valence-electron chi connectivity index (χ4n) is 4.27. The van der Waals surface area contributed by atoms with E-state index in [0.29, 0.717) is 36.7 Å². The molecule has 2 aromatic rings. The van der Waals surface area contributed by atoms with Gasteiger partial charge in [-0.15, -0.1) is 0 Å². The van der Waals surface area contributed by atoms with Crippen molar-refractivity contribution >= 4 is 23.3 Å². The minimum atomic E-state index is -0.641. The van der Waals surface area contributed by atoms with Crippen LogP contribution in [-0.4, -0.2) is 43.8 Å². The van der Waals surface area contributed by atoms with Gasteiger partial charge < -0.3 is 24.6 Å². The summed E-state index contributed by atoms with van der Waals surface area (Å²) in [5.74, 6) is 1.35. The van der Waals surface area contributed by atoms with Crippen LogP contribution < -0.4 is 19.7 Å². The van der Waals surface area contributed by atoms with Crippen molar-refractivity contribution in [1.29, 1.82) is 0 Å². The highest BCUT2D eigenvalue weighted by molar-refractivity contribution is 6.08. The Hall–Kier alpha value is -3.22. The van der Waals surface area contributed by atoms with Crippen LogP contribution in [0.5, 0.6) is 11.5 Å². The van der Waals surface area contributed by atoms with E-state index in [0.717, 1.165) is 11.3 Å². The number of nitrogens with one attached hydrogen (secondary N) is 1. The van der Waals surface area contributed by atoms with E-state index in [1.54, 1.807) is 35.0 Å². The van der Waals surface area contributed by atoms with Gasteiger partial charge in [-0.2, -0.15) is 0 Å². The summed E-state index contributed by atoms with van der Waals surface area (Å²) < 4.78 is 10.6. The van der Waals surface area contributed by atoms with Crippen molar-refractivity contribution in [2.75, 3.05) is 37.1 Å².